The van der Waals surface area contributed by atoms with Crippen LogP contribution < -0.4 is 5.32 Å². The van der Waals surface area contributed by atoms with Crippen LogP contribution in [0.4, 0.5) is 0 Å². The van der Waals surface area contributed by atoms with Gasteiger partial charge in [0, 0.05) is 13.0 Å². The number of hydrogen-bond acceptors (Lipinski definition) is 1. The van der Waals surface area contributed by atoms with E-state index in [1.165, 1.54) is 44.9 Å². The number of quaternary nitrogens is 1. The molecule has 0 radical (unpaired) electrons. The molecule has 0 fully saturated rings. The molecule has 0 aromatic carbocycles. The Morgan fingerprint density at radius 2 is 1.59 bits per heavy atom. The van der Waals surface area contributed by atoms with Gasteiger partial charge in [-0.2, -0.15) is 0 Å². The Bertz CT molecular complexity index is 298. The lowest BCUT2D eigenvalue weighted by molar-refractivity contribution is -0.888. The molecular weight excluding hydrogens is 272 g/mol. The van der Waals surface area contributed by atoms with Crippen LogP contribution in [0.2, 0.25) is 0 Å². The fourth-order valence-electron chi connectivity index (χ4n) is 2.35. The smallest absolute Gasteiger partial charge is 0.243 e. The molecule has 0 unspecified atom stereocenters. The van der Waals surface area contributed by atoms with Crippen LogP contribution in [0, 0.1) is 0 Å². The molecule has 3 nitrogen and oxygen atoms in total. The van der Waals surface area contributed by atoms with Crippen molar-refractivity contribution in [3.8, 4) is 0 Å². The predicted octanol–water partition coefficient (Wildman–Crippen LogP) is 4.29. The van der Waals surface area contributed by atoms with Crippen LogP contribution in [0.15, 0.2) is 12.2 Å². The summed E-state index contributed by atoms with van der Waals surface area (Å²) in [5.74, 6) is 0.0600. The van der Waals surface area contributed by atoms with Crippen LogP contribution in [-0.2, 0) is 4.79 Å². The molecule has 0 heterocycles. The third kappa shape index (κ3) is 14.1. The lowest BCUT2D eigenvalue weighted by atomic mass is 10.1. The summed E-state index contributed by atoms with van der Waals surface area (Å²) in [4.78, 5) is 11.6. The molecule has 0 aromatic heterocycles. The number of hydrogen-bond donors (Lipinski definition) is 1. The van der Waals surface area contributed by atoms with E-state index in [-0.39, 0.29) is 5.91 Å². The molecule has 0 saturated heterocycles. The molecule has 0 saturated carbocycles. The maximum absolute atomic E-state index is 11.6. The predicted molar refractivity (Wildman–Crippen MR) is 96.9 cm³/mol. The molecule has 22 heavy (non-hydrogen) atoms. The van der Waals surface area contributed by atoms with E-state index in [0.29, 0.717) is 0 Å². The molecule has 0 aliphatic carbocycles. The van der Waals surface area contributed by atoms with Crippen molar-refractivity contribution in [2.75, 3.05) is 33.7 Å². The number of unbranched alkanes of at least 4 members (excludes halogenated alkanes) is 7. The number of allylic oxidation sites excluding steroid dienone is 1. The van der Waals surface area contributed by atoms with Gasteiger partial charge < -0.3 is 9.80 Å². The molecule has 3 heteroatoms. The van der Waals surface area contributed by atoms with E-state index in [9.17, 15) is 4.79 Å². The monoisotopic (exact) mass is 311 g/mol. The third-order valence-corrected chi connectivity index (χ3v) is 4.34. The topological polar surface area (TPSA) is 29.1 Å². The van der Waals surface area contributed by atoms with Gasteiger partial charge in [-0.15, -0.1) is 0 Å². The molecule has 1 amide bonds. The normalized spacial score (nSPS) is 12.0. The Hall–Kier alpha value is -0.830. The Balaban J connectivity index is 3.44. The first-order valence-electron chi connectivity index (χ1n) is 9.28. The minimum atomic E-state index is 0.0600. The van der Waals surface area contributed by atoms with Crippen LogP contribution in [-0.4, -0.2) is 44.1 Å². The highest BCUT2D eigenvalue weighted by Gasteiger charge is 2.10. The molecular formula is C19H39N2O+. The quantitative estimate of drug-likeness (QED) is 0.289. The fourth-order valence-corrected chi connectivity index (χ4v) is 2.35. The van der Waals surface area contributed by atoms with Crippen LogP contribution >= 0.6 is 0 Å². The molecule has 0 aromatic rings. The number of amides is 1. The summed E-state index contributed by atoms with van der Waals surface area (Å²) in [6.45, 7) is 7.47. The van der Waals surface area contributed by atoms with Gasteiger partial charge in [-0.05, 0) is 25.8 Å². The van der Waals surface area contributed by atoms with E-state index in [1.54, 1.807) is 6.08 Å². The van der Waals surface area contributed by atoms with Crippen molar-refractivity contribution < 1.29 is 9.28 Å². The van der Waals surface area contributed by atoms with Crippen molar-refractivity contribution in [3.63, 3.8) is 0 Å². The van der Waals surface area contributed by atoms with Crippen molar-refractivity contribution >= 4 is 5.91 Å². The van der Waals surface area contributed by atoms with E-state index in [2.05, 4.69) is 33.3 Å². The van der Waals surface area contributed by atoms with E-state index in [4.69, 9.17) is 0 Å². The lowest BCUT2D eigenvalue weighted by Crippen LogP contribution is -2.41. The van der Waals surface area contributed by atoms with Crippen LogP contribution in [0.5, 0.6) is 0 Å². The molecule has 0 rings (SSSR count). The molecule has 0 spiro atoms. The zero-order chi connectivity index (χ0) is 16.7. The van der Waals surface area contributed by atoms with Crippen molar-refractivity contribution in [2.45, 2.75) is 71.6 Å². The average molecular weight is 312 g/mol. The Kier molecular flexibility index (Phi) is 13.3. The largest absolute Gasteiger partial charge is 0.352 e. The van der Waals surface area contributed by atoms with Gasteiger partial charge in [-0.1, -0.05) is 51.5 Å². The van der Waals surface area contributed by atoms with E-state index >= 15 is 0 Å². The van der Waals surface area contributed by atoms with E-state index in [1.807, 2.05) is 6.08 Å². The second-order valence-electron chi connectivity index (χ2n) is 6.93. The average Bonchev–Trinajstić information content (AvgIpc) is 2.50. The summed E-state index contributed by atoms with van der Waals surface area (Å²) in [6.07, 6.45) is 15.1. The highest BCUT2D eigenvalue weighted by Crippen LogP contribution is 2.08. The maximum Gasteiger partial charge on any atom is 0.243 e. The van der Waals surface area contributed by atoms with Crippen molar-refractivity contribution in [1.29, 1.82) is 0 Å². The SMILES string of the molecule is CCCCCCCCCC=CC(=O)NCCC[N+](C)(C)CC. The summed E-state index contributed by atoms with van der Waals surface area (Å²) < 4.78 is 1.02. The number of nitrogens with one attached hydrogen (secondary N) is 1. The Labute approximate surface area is 138 Å². The highest BCUT2D eigenvalue weighted by atomic mass is 16.1. The van der Waals surface area contributed by atoms with Gasteiger partial charge in [0.15, 0.2) is 0 Å². The summed E-state index contributed by atoms with van der Waals surface area (Å²) in [5, 5.41) is 2.97. The second kappa shape index (κ2) is 13.8. The van der Waals surface area contributed by atoms with Crippen LogP contribution in [0.1, 0.15) is 71.6 Å². The molecule has 0 aliphatic rings. The first kappa shape index (κ1) is 21.2. The Morgan fingerprint density at radius 1 is 0.955 bits per heavy atom. The summed E-state index contributed by atoms with van der Waals surface area (Å²) in [6, 6.07) is 0. The highest BCUT2D eigenvalue weighted by molar-refractivity contribution is 5.87. The fraction of sp³-hybridized carbons (Fsp3) is 0.842. The molecule has 0 aliphatic heterocycles. The van der Waals surface area contributed by atoms with E-state index < -0.39 is 0 Å². The van der Waals surface area contributed by atoms with Gasteiger partial charge in [-0.3, -0.25) is 4.79 Å². The number of carbonyl (C=O) groups is 1. The summed E-state index contributed by atoms with van der Waals surface area (Å²) in [7, 11) is 4.45. The second-order valence-corrected chi connectivity index (χ2v) is 6.93. The minimum absolute atomic E-state index is 0.0600. The first-order valence-corrected chi connectivity index (χ1v) is 9.28. The molecule has 0 atom stereocenters. The van der Waals surface area contributed by atoms with Gasteiger partial charge in [0.1, 0.15) is 0 Å². The number of carbonyl (C=O) groups excluding carboxylic acids is 1. The van der Waals surface area contributed by atoms with Crippen molar-refractivity contribution in [1.82, 2.24) is 5.32 Å². The zero-order valence-electron chi connectivity index (χ0n) is 15.5. The number of rotatable bonds is 14. The summed E-state index contributed by atoms with van der Waals surface area (Å²) in [5.41, 5.74) is 0. The van der Waals surface area contributed by atoms with E-state index in [0.717, 1.165) is 37.0 Å². The van der Waals surface area contributed by atoms with Gasteiger partial charge >= 0.3 is 0 Å². The van der Waals surface area contributed by atoms with Gasteiger partial charge in [-0.25, -0.2) is 0 Å². The molecule has 1 N–H and O–H groups in total. The molecule has 130 valence electrons. The minimum Gasteiger partial charge on any atom is -0.352 e. The summed E-state index contributed by atoms with van der Waals surface area (Å²) >= 11 is 0. The first-order chi connectivity index (χ1) is 10.5. The third-order valence-electron chi connectivity index (χ3n) is 4.34. The van der Waals surface area contributed by atoms with Crippen LogP contribution in [0.3, 0.4) is 0 Å². The van der Waals surface area contributed by atoms with Gasteiger partial charge in [0.05, 0.1) is 27.2 Å². The lowest BCUT2D eigenvalue weighted by Gasteiger charge is -2.28. The van der Waals surface area contributed by atoms with Crippen molar-refractivity contribution in [2.24, 2.45) is 0 Å². The van der Waals surface area contributed by atoms with Gasteiger partial charge in [0.2, 0.25) is 5.91 Å². The molecule has 0 bridgehead atoms. The number of nitrogens with zero attached hydrogens (tertiary/aromatic N) is 1. The van der Waals surface area contributed by atoms with Gasteiger partial charge in [0.25, 0.3) is 0 Å². The van der Waals surface area contributed by atoms with Crippen molar-refractivity contribution in [3.05, 3.63) is 12.2 Å². The standard InChI is InChI=1S/C19H38N2O/c1-5-7-8-9-10-11-12-13-14-16-19(22)20-17-15-18-21(3,4)6-2/h14,16H,5-13,15,17-18H2,1-4H3/p+1. The Morgan fingerprint density at radius 3 is 2.23 bits per heavy atom. The maximum atomic E-state index is 11.6. The van der Waals surface area contributed by atoms with Crippen LogP contribution in [0.25, 0.3) is 0 Å². The zero-order valence-corrected chi connectivity index (χ0v) is 15.5.